The molecule has 0 spiro atoms. The predicted molar refractivity (Wildman–Crippen MR) is 64.8 cm³/mol. The molecule has 84 valence electrons. The van der Waals surface area contributed by atoms with Crippen LogP contribution in [0.15, 0.2) is 24.3 Å². The van der Waals surface area contributed by atoms with Gasteiger partial charge in [0.05, 0.1) is 6.61 Å². The normalized spacial score (nSPS) is 12.7. The van der Waals surface area contributed by atoms with Crippen LogP contribution in [0.2, 0.25) is 0 Å². The first-order valence-electron chi connectivity index (χ1n) is 5.13. The van der Waals surface area contributed by atoms with E-state index in [0.29, 0.717) is 5.92 Å². The Labute approximate surface area is 95.3 Å². The molecular weight excluding hydrogens is 208 g/mol. The Morgan fingerprint density at radius 2 is 1.73 bits per heavy atom. The van der Waals surface area contributed by atoms with Crippen molar-refractivity contribution in [2.24, 2.45) is 5.92 Å². The zero-order chi connectivity index (χ0) is 11.1. The fraction of sp³-hybridized carbons (Fsp3) is 0.500. The lowest BCUT2D eigenvalue weighted by atomic mass is 10.2. The largest absolute Gasteiger partial charge is 0.396 e. The molecule has 2 nitrogen and oxygen atoms in total. The van der Waals surface area contributed by atoms with Gasteiger partial charge in [0.1, 0.15) is 0 Å². The van der Waals surface area contributed by atoms with Crippen molar-refractivity contribution in [1.82, 2.24) is 0 Å². The molecule has 3 heteroatoms. The van der Waals surface area contributed by atoms with Crippen LogP contribution in [0.5, 0.6) is 0 Å². The molecule has 1 atom stereocenters. The molecule has 0 aliphatic rings. The maximum absolute atomic E-state index is 8.88. The summed E-state index contributed by atoms with van der Waals surface area (Å²) in [5.74, 6) is 2.32. The molecule has 0 heterocycles. The van der Waals surface area contributed by atoms with Gasteiger partial charge in [-0.1, -0.05) is 31.2 Å². The highest BCUT2D eigenvalue weighted by Crippen LogP contribution is 2.15. The molecule has 1 unspecified atom stereocenters. The molecule has 0 bridgehead atoms. The fourth-order valence-corrected chi connectivity index (χ4v) is 2.23. The number of aliphatic hydroxyl groups excluding tert-OH is 2. The summed E-state index contributed by atoms with van der Waals surface area (Å²) >= 11 is 1.83. The zero-order valence-electron chi connectivity index (χ0n) is 9.02. The van der Waals surface area contributed by atoms with Gasteiger partial charge in [0, 0.05) is 12.4 Å². The third kappa shape index (κ3) is 4.69. The Morgan fingerprint density at radius 3 is 2.27 bits per heavy atom. The predicted octanol–water partition coefficient (Wildman–Crippen LogP) is 2.04. The monoisotopic (exact) mass is 226 g/mol. The van der Waals surface area contributed by atoms with Gasteiger partial charge in [0.2, 0.25) is 0 Å². The molecule has 1 aromatic rings. The number of thioether (sulfide) groups is 1. The van der Waals surface area contributed by atoms with Crippen LogP contribution in [-0.4, -0.2) is 22.6 Å². The third-order valence-electron chi connectivity index (χ3n) is 2.19. The molecule has 0 saturated heterocycles. The minimum absolute atomic E-state index is 0.106. The number of rotatable bonds is 6. The molecule has 0 amide bonds. The SMILES string of the molecule is CC(CO)CSCc1ccc(CO)cc1. The van der Waals surface area contributed by atoms with Gasteiger partial charge in [-0.3, -0.25) is 0 Å². The topological polar surface area (TPSA) is 40.5 Å². The van der Waals surface area contributed by atoms with Crippen LogP contribution in [0, 0.1) is 5.92 Å². The second kappa shape index (κ2) is 6.88. The minimum atomic E-state index is 0.106. The second-order valence-corrected chi connectivity index (χ2v) is 4.81. The van der Waals surface area contributed by atoms with Crippen molar-refractivity contribution in [1.29, 1.82) is 0 Å². The molecule has 0 fully saturated rings. The lowest BCUT2D eigenvalue weighted by Gasteiger charge is -2.07. The van der Waals surface area contributed by atoms with Crippen molar-refractivity contribution in [2.45, 2.75) is 19.3 Å². The molecule has 0 aromatic heterocycles. The van der Waals surface area contributed by atoms with Crippen molar-refractivity contribution >= 4 is 11.8 Å². The molecule has 15 heavy (non-hydrogen) atoms. The average Bonchev–Trinajstić information content (AvgIpc) is 2.29. The first kappa shape index (κ1) is 12.6. The van der Waals surface area contributed by atoms with E-state index < -0.39 is 0 Å². The minimum Gasteiger partial charge on any atom is -0.396 e. The van der Waals surface area contributed by atoms with Crippen LogP contribution in [0.3, 0.4) is 0 Å². The van der Waals surface area contributed by atoms with Crippen molar-refractivity contribution < 1.29 is 10.2 Å². The standard InChI is InChI=1S/C12H18O2S/c1-10(6-13)8-15-9-12-4-2-11(7-14)3-5-12/h2-5,10,13-14H,6-9H2,1H3. The van der Waals surface area contributed by atoms with Crippen LogP contribution >= 0.6 is 11.8 Å². The van der Waals surface area contributed by atoms with Gasteiger partial charge in [-0.05, 0) is 22.8 Å². The summed E-state index contributed by atoms with van der Waals surface area (Å²) in [5, 5.41) is 17.7. The number of hydrogen-bond donors (Lipinski definition) is 2. The highest BCUT2D eigenvalue weighted by Gasteiger charge is 2.00. The van der Waals surface area contributed by atoms with E-state index in [-0.39, 0.29) is 13.2 Å². The summed E-state index contributed by atoms with van der Waals surface area (Å²) in [6.07, 6.45) is 0. The van der Waals surface area contributed by atoms with Gasteiger partial charge in [-0.25, -0.2) is 0 Å². The summed E-state index contributed by atoms with van der Waals surface area (Å²) in [5.41, 5.74) is 2.22. The van der Waals surface area contributed by atoms with E-state index in [4.69, 9.17) is 10.2 Å². The van der Waals surface area contributed by atoms with Crippen LogP contribution in [-0.2, 0) is 12.4 Å². The Balaban J connectivity index is 2.31. The molecule has 0 aliphatic carbocycles. The molecule has 1 rings (SSSR count). The van der Waals surface area contributed by atoms with Gasteiger partial charge in [0.25, 0.3) is 0 Å². The van der Waals surface area contributed by atoms with Gasteiger partial charge >= 0.3 is 0 Å². The van der Waals surface area contributed by atoms with Crippen LogP contribution < -0.4 is 0 Å². The highest BCUT2D eigenvalue weighted by atomic mass is 32.2. The van der Waals surface area contributed by atoms with E-state index in [1.807, 2.05) is 43.0 Å². The summed E-state index contributed by atoms with van der Waals surface area (Å²) in [6.45, 7) is 2.41. The van der Waals surface area contributed by atoms with E-state index in [0.717, 1.165) is 17.1 Å². The van der Waals surface area contributed by atoms with Gasteiger partial charge in [0.15, 0.2) is 0 Å². The Bertz CT molecular complexity index is 271. The maximum Gasteiger partial charge on any atom is 0.0681 e. The first-order valence-corrected chi connectivity index (χ1v) is 6.29. The van der Waals surface area contributed by atoms with E-state index in [1.54, 1.807) is 0 Å². The molecule has 0 radical (unpaired) electrons. The summed E-state index contributed by atoms with van der Waals surface area (Å²) < 4.78 is 0. The summed E-state index contributed by atoms with van der Waals surface area (Å²) in [4.78, 5) is 0. The van der Waals surface area contributed by atoms with E-state index in [1.165, 1.54) is 5.56 Å². The molecule has 1 aromatic carbocycles. The lowest BCUT2D eigenvalue weighted by Crippen LogP contribution is -2.03. The number of hydrogen-bond acceptors (Lipinski definition) is 3. The Hall–Kier alpha value is -0.510. The highest BCUT2D eigenvalue weighted by molar-refractivity contribution is 7.98. The summed E-state index contributed by atoms with van der Waals surface area (Å²) in [7, 11) is 0. The van der Waals surface area contributed by atoms with Gasteiger partial charge in [-0.15, -0.1) is 0 Å². The lowest BCUT2D eigenvalue weighted by molar-refractivity contribution is 0.250. The van der Waals surface area contributed by atoms with Crippen LogP contribution in [0.4, 0.5) is 0 Å². The first-order chi connectivity index (χ1) is 7.26. The van der Waals surface area contributed by atoms with Crippen molar-refractivity contribution in [2.75, 3.05) is 12.4 Å². The number of aliphatic hydroxyl groups is 2. The molecule has 2 N–H and O–H groups in total. The quantitative estimate of drug-likeness (QED) is 0.780. The van der Waals surface area contributed by atoms with Gasteiger partial charge in [-0.2, -0.15) is 11.8 Å². The van der Waals surface area contributed by atoms with E-state index in [2.05, 4.69) is 0 Å². The van der Waals surface area contributed by atoms with E-state index >= 15 is 0 Å². The molecule has 0 saturated carbocycles. The number of benzene rings is 1. The Kier molecular flexibility index (Phi) is 5.76. The van der Waals surface area contributed by atoms with E-state index in [9.17, 15) is 0 Å². The molecular formula is C12H18O2S. The maximum atomic E-state index is 8.88. The van der Waals surface area contributed by atoms with Crippen molar-refractivity contribution in [3.05, 3.63) is 35.4 Å². The van der Waals surface area contributed by atoms with Crippen molar-refractivity contribution in [3.8, 4) is 0 Å². The van der Waals surface area contributed by atoms with Crippen LogP contribution in [0.1, 0.15) is 18.1 Å². The average molecular weight is 226 g/mol. The third-order valence-corrected chi connectivity index (χ3v) is 3.53. The zero-order valence-corrected chi connectivity index (χ0v) is 9.83. The summed E-state index contributed by atoms with van der Waals surface area (Å²) in [6, 6.07) is 7.99. The fourth-order valence-electron chi connectivity index (χ4n) is 1.17. The van der Waals surface area contributed by atoms with Crippen molar-refractivity contribution in [3.63, 3.8) is 0 Å². The smallest absolute Gasteiger partial charge is 0.0681 e. The Morgan fingerprint density at radius 1 is 1.13 bits per heavy atom. The van der Waals surface area contributed by atoms with Gasteiger partial charge < -0.3 is 10.2 Å². The van der Waals surface area contributed by atoms with Crippen LogP contribution in [0.25, 0.3) is 0 Å². The second-order valence-electron chi connectivity index (χ2n) is 3.78. The molecule has 0 aliphatic heterocycles.